The van der Waals surface area contributed by atoms with Crippen LogP contribution in [0.5, 0.6) is 0 Å². The second-order valence-corrected chi connectivity index (χ2v) is 7.09. The topological polar surface area (TPSA) is 71.3 Å². The number of hydrogen-bond donors (Lipinski definition) is 1. The number of urea groups is 1. The maximum atomic E-state index is 12.2. The van der Waals surface area contributed by atoms with Crippen LogP contribution >= 0.6 is 0 Å². The Morgan fingerprint density at radius 1 is 1.40 bits per heavy atom. The van der Waals surface area contributed by atoms with E-state index in [1.54, 1.807) is 0 Å². The first-order valence-corrected chi connectivity index (χ1v) is 8.97. The zero-order chi connectivity index (χ0) is 17.8. The Bertz CT molecular complexity index is 726. The van der Waals surface area contributed by atoms with E-state index in [2.05, 4.69) is 15.5 Å². The summed E-state index contributed by atoms with van der Waals surface area (Å²) >= 11 is 0. The van der Waals surface area contributed by atoms with E-state index in [0.29, 0.717) is 24.1 Å². The zero-order valence-corrected chi connectivity index (χ0v) is 15.2. The van der Waals surface area contributed by atoms with Crippen molar-refractivity contribution in [3.63, 3.8) is 0 Å². The zero-order valence-electron chi connectivity index (χ0n) is 15.2. The Hall–Kier alpha value is -2.37. The molecule has 1 aromatic heterocycles. The number of carbonyl (C=O) groups excluding carboxylic acids is 1. The number of likely N-dealkylation sites (tertiary alicyclic amines) is 1. The third-order valence-electron chi connectivity index (χ3n) is 4.54. The number of benzene rings is 1. The molecule has 2 heterocycles. The van der Waals surface area contributed by atoms with E-state index in [4.69, 9.17) is 4.52 Å². The molecule has 0 bridgehead atoms. The number of amides is 2. The van der Waals surface area contributed by atoms with Gasteiger partial charge in [0.15, 0.2) is 0 Å². The van der Waals surface area contributed by atoms with Gasteiger partial charge < -0.3 is 14.7 Å². The quantitative estimate of drug-likeness (QED) is 0.924. The molecule has 0 saturated carbocycles. The number of aromatic nitrogens is 2. The molecular formula is C19H26N4O2. The molecule has 2 aromatic rings. The highest BCUT2D eigenvalue weighted by Gasteiger charge is 2.25. The molecule has 0 aliphatic carbocycles. The van der Waals surface area contributed by atoms with Gasteiger partial charge in [-0.1, -0.05) is 29.4 Å². The van der Waals surface area contributed by atoms with Gasteiger partial charge in [0.05, 0.1) is 0 Å². The van der Waals surface area contributed by atoms with Gasteiger partial charge in [-0.2, -0.15) is 4.98 Å². The highest BCUT2D eigenvalue weighted by atomic mass is 16.5. The fourth-order valence-electron chi connectivity index (χ4n) is 3.27. The maximum absolute atomic E-state index is 12.2. The molecule has 3 rings (SSSR count). The molecule has 1 aromatic carbocycles. The van der Waals surface area contributed by atoms with Crippen molar-refractivity contribution in [3.05, 3.63) is 35.7 Å². The lowest BCUT2D eigenvalue weighted by Gasteiger charge is -2.32. The summed E-state index contributed by atoms with van der Waals surface area (Å²) in [6, 6.07) is 8.19. The number of piperidine rings is 1. The van der Waals surface area contributed by atoms with E-state index in [1.165, 1.54) is 0 Å². The SMILES string of the molecule is Cc1ccccc1-c1noc(C[C@@H]2CCCN(C(=O)NC(C)C)C2)n1. The summed E-state index contributed by atoms with van der Waals surface area (Å²) in [5.41, 5.74) is 2.13. The lowest BCUT2D eigenvalue weighted by Crippen LogP contribution is -2.47. The molecule has 0 radical (unpaired) electrons. The summed E-state index contributed by atoms with van der Waals surface area (Å²) in [5.74, 6) is 1.64. The average Bonchev–Trinajstić information content (AvgIpc) is 3.03. The number of nitrogens with one attached hydrogen (secondary N) is 1. The third kappa shape index (κ3) is 4.38. The van der Waals surface area contributed by atoms with Gasteiger partial charge in [-0.15, -0.1) is 0 Å². The monoisotopic (exact) mass is 342 g/mol. The molecule has 134 valence electrons. The van der Waals surface area contributed by atoms with Crippen LogP contribution in [0.3, 0.4) is 0 Å². The normalized spacial score (nSPS) is 17.8. The van der Waals surface area contributed by atoms with Crippen molar-refractivity contribution >= 4 is 6.03 Å². The highest BCUT2D eigenvalue weighted by molar-refractivity contribution is 5.74. The molecule has 1 N–H and O–H groups in total. The van der Waals surface area contributed by atoms with E-state index in [-0.39, 0.29) is 12.1 Å². The van der Waals surface area contributed by atoms with Crippen LogP contribution in [0.15, 0.2) is 28.8 Å². The molecule has 1 aliphatic heterocycles. The number of carbonyl (C=O) groups is 1. The van der Waals surface area contributed by atoms with E-state index in [1.807, 2.05) is 49.9 Å². The predicted octanol–water partition coefficient (Wildman–Crippen LogP) is 3.42. The maximum Gasteiger partial charge on any atom is 0.317 e. The summed E-state index contributed by atoms with van der Waals surface area (Å²) < 4.78 is 5.46. The first kappa shape index (κ1) is 17.5. The van der Waals surface area contributed by atoms with Gasteiger partial charge in [0.25, 0.3) is 0 Å². The second kappa shape index (κ2) is 7.68. The van der Waals surface area contributed by atoms with Gasteiger partial charge in [0.2, 0.25) is 11.7 Å². The van der Waals surface area contributed by atoms with E-state index in [0.717, 1.165) is 37.1 Å². The molecule has 1 fully saturated rings. The summed E-state index contributed by atoms with van der Waals surface area (Å²) in [6.07, 6.45) is 2.80. The molecular weight excluding hydrogens is 316 g/mol. The Kier molecular flexibility index (Phi) is 5.36. The van der Waals surface area contributed by atoms with Crippen molar-refractivity contribution in [1.82, 2.24) is 20.4 Å². The van der Waals surface area contributed by atoms with Crippen molar-refractivity contribution < 1.29 is 9.32 Å². The number of nitrogens with zero attached hydrogens (tertiary/aromatic N) is 3. The van der Waals surface area contributed by atoms with Gasteiger partial charge in [0.1, 0.15) is 0 Å². The first-order valence-electron chi connectivity index (χ1n) is 8.97. The summed E-state index contributed by atoms with van der Waals surface area (Å²) in [5, 5.41) is 7.09. The van der Waals surface area contributed by atoms with Gasteiger partial charge in [-0.3, -0.25) is 0 Å². The number of hydrogen-bond acceptors (Lipinski definition) is 4. The van der Waals surface area contributed by atoms with Crippen molar-refractivity contribution in [2.45, 2.75) is 46.1 Å². The van der Waals surface area contributed by atoms with Crippen LogP contribution in [-0.4, -0.2) is 40.2 Å². The summed E-state index contributed by atoms with van der Waals surface area (Å²) in [4.78, 5) is 18.6. The van der Waals surface area contributed by atoms with Crippen LogP contribution in [-0.2, 0) is 6.42 Å². The molecule has 6 heteroatoms. The van der Waals surface area contributed by atoms with Crippen LogP contribution < -0.4 is 5.32 Å². The lowest BCUT2D eigenvalue weighted by molar-refractivity contribution is 0.159. The second-order valence-electron chi connectivity index (χ2n) is 7.09. The molecule has 1 saturated heterocycles. The minimum atomic E-state index is 0.0193. The highest BCUT2D eigenvalue weighted by Crippen LogP contribution is 2.23. The summed E-state index contributed by atoms with van der Waals surface area (Å²) in [7, 11) is 0. The fraction of sp³-hybridized carbons (Fsp3) is 0.526. The van der Waals surface area contributed by atoms with Crippen LogP contribution in [0.1, 0.15) is 38.1 Å². The largest absolute Gasteiger partial charge is 0.339 e. The first-order chi connectivity index (χ1) is 12.0. The fourth-order valence-corrected chi connectivity index (χ4v) is 3.27. The van der Waals surface area contributed by atoms with E-state index < -0.39 is 0 Å². The Morgan fingerprint density at radius 3 is 2.96 bits per heavy atom. The summed E-state index contributed by atoms with van der Waals surface area (Å²) in [6.45, 7) is 7.54. The molecule has 2 amide bonds. The number of rotatable bonds is 4. The van der Waals surface area contributed by atoms with E-state index >= 15 is 0 Å². The Balaban J connectivity index is 1.63. The molecule has 1 aliphatic rings. The Labute approximate surface area is 148 Å². The van der Waals surface area contributed by atoms with Gasteiger partial charge in [-0.25, -0.2) is 4.79 Å². The van der Waals surface area contributed by atoms with Crippen molar-refractivity contribution in [2.24, 2.45) is 5.92 Å². The van der Waals surface area contributed by atoms with Crippen molar-refractivity contribution in [2.75, 3.05) is 13.1 Å². The van der Waals surface area contributed by atoms with Crippen LogP contribution in [0.2, 0.25) is 0 Å². The lowest BCUT2D eigenvalue weighted by atomic mass is 9.95. The van der Waals surface area contributed by atoms with Gasteiger partial charge >= 0.3 is 6.03 Å². The predicted molar refractivity (Wildman–Crippen MR) is 96.1 cm³/mol. The minimum absolute atomic E-state index is 0.0193. The van der Waals surface area contributed by atoms with Crippen molar-refractivity contribution in [3.8, 4) is 11.4 Å². The molecule has 25 heavy (non-hydrogen) atoms. The van der Waals surface area contributed by atoms with Crippen LogP contribution in [0.4, 0.5) is 4.79 Å². The molecule has 0 spiro atoms. The third-order valence-corrected chi connectivity index (χ3v) is 4.54. The van der Waals surface area contributed by atoms with Crippen LogP contribution in [0.25, 0.3) is 11.4 Å². The molecule has 0 unspecified atom stereocenters. The molecule has 6 nitrogen and oxygen atoms in total. The van der Waals surface area contributed by atoms with E-state index in [9.17, 15) is 4.79 Å². The average molecular weight is 342 g/mol. The minimum Gasteiger partial charge on any atom is -0.339 e. The standard InChI is InChI=1S/C19H26N4O2/c1-13(2)20-19(24)23-10-6-8-15(12-23)11-17-21-18(22-25-17)16-9-5-4-7-14(16)3/h4-5,7,9,13,15H,6,8,10-12H2,1-3H3,(H,20,24)/t15-/m0/s1. The van der Waals surface area contributed by atoms with Crippen LogP contribution in [0, 0.1) is 12.8 Å². The number of aryl methyl sites for hydroxylation is 1. The van der Waals surface area contributed by atoms with Gasteiger partial charge in [0, 0.05) is 31.1 Å². The van der Waals surface area contributed by atoms with Gasteiger partial charge in [-0.05, 0) is 45.1 Å². The smallest absolute Gasteiger partial charge is 0.317 e. The molecule has 1 atom stereocenters. The van der Waals surface area contributed by atoms with Crippen molar-refractivity contribution in [1.29, 1.82) is 0 Å². The Morgan fingerprint density at radius 2 is 2.20 bits per heavy atom.